The topological polar surface area (TPSA) is 89.8 Å². The quantitative estimate of drug-likeness (QED) is 0.785. The largest absolute Gasteiger partial charge is 0.496 e. The summed E-state index contributed by atoms with van der Waals surface area (Å²) in [6, 6.07) is 6.59. The van der Waals surface area contributed by atoms with Gasteiger partial charge in [-0.15, -0.1) is 0 Å². The minimum Gasteiger partial charge on any atom is -0.496 e. The molecular formula is C18H22N2O5. The van der Waals surface area contributed by atoms with Gasteiger partial charge in [-0.25, -0.2) is 0 Å². The zero-order chi connectivity index (χ0) is 18.4. The molecule has 0 fully saturated rings. The van der Waals surface area contributed by atoms with Crippen LogP contribution in [-0.2, 0) is 11.3 Å². The smallest absolute Gasteiger partial charge is 0.273 e. The highest BCUT2D eigenvalue weighted by molar-refractivity contribution is 5.99. The number of amides is 2. The molecule has 0 spiro atoms. The van der Waals surface area contributed by atoms with Crippen molar-refractivity contribution in [1.82, 2.24) is 10.9 Å². The molecule has 0 unspecified atom stereocenters. The van der Waals surface area contributed by atoms with Crippen LogP contribution in [0.1, 0.15) is 44.7 Å². The summed E-state index contributed by atoms with van der Waals surface area (Å²) in [6.07, 6.45) is 0. The van der Waals surface area contributed by atoms with E-state index in [-0.39, 0.29) is 0 Å². The van der Waals surface area contributed by atoms with E-state index in [1.165, 1.54) is 0 Å². The summed E-state index contributed by atoms with van der Waals surface area (Å²) < 4.78 is 15.9. The van der Waals surface area contributed by atoms with Gasteiger partial charge in [0.05, 0.1) is 19.3 Å². The Kier molecular flexibility index (Phi) is 6.19. The van der Waals surface area contributed by atoms with E-state index in [2.05, 4.69) is 10.9 Å². The van der Waals surface area contributed by atoms with Crippen LogP contribution in [0.5, 0.6) is 5.75 Å². The molecule has 0 saturated carbocycles. The third kappa shape index (κ3) is 4.60. The molecule has 2 aromatic rings. The van der Waals surface area contributed by atoms with Gasteiger partial charge in [0.25, 0.3) is 11.8 Å². The lowest BCUT2D eigenvalue weighted by Gasteiger charge is -2.11. The van der Waals surface area contributed by atoms with Gasteiger partial charge >= 0.3 is 0 Å². The van der Waals surface area contributed by atoms with E-state index in [0.717, 1.165) is 5.56 Å². The molecular weight excluding hydrogens is 324 g/mol. The second-order valence-corrected chi connectivity index (χ2v) is 5.40. The molecule has 0 radical (unpaired) electrons. The van der Waals surface area contributed by atoms with Crippen molar-refractivity contribution in [3.8, 4) is 5.75 Å². The number of carbonyl (C=O) groups excluding carboxylic acids is 2. The van der Waals surface area contributed by atoms with E-state index >= 15 is 0 Å². The Labute approximate surface area is 146 Å². The van der Waals surface area contributed by atoms with Gasteiger partial charge in [-0.3, -0.25) is 20.4 Å². The molecule has 1 heterocycles. The molecule has 2 amide bonds. The first-order valence-corrected chi connectivity index (χ1v) is 7.88. The summed E-state index contributed by atoms with van der Waals surface area (Å²) in [5.74, 6) is 0.883. The van der Waals surface area contributed by atoms with Crippen molar-refractivity contribution in [1.29, 1.82) is 0 Å². The molecule has 0 atom stereocenters. The van der Waals surface area contributed by atoms with Crippen molar-refractivity contribution < 1.29 is 23.5 Å². The van der Waals surface area contributed by atoms with E-state index < -0.39 is 11.8 Å². The Hall–Kier alpha value is -2.80. The fourth-order valence-electron chi connectivity index (χ4n) is 2.35. The third-order valence-corrected chi connectivity index (χ3v) is 3.58. The van der Waals surface area contributed by atoms with Crippen LogP contribution in [0.25, 0.3) is 0 Å². The lowest BCUT2D eigenvalue weighted by atomic mass is 10.1. The van der Waals surface area contributed by atoms with Crippen molar-refractivity contribution in [2.75, 3.05) is 13.7 Å². The summed E-state index contributed by atoms with van der Waals surface area (Å²) >= 11 is 0. The van der Waals surface area contributed by atoms with Gasteiger partial charge in [0.15, 0.2) is 0 Å². The van der Waals surface area contributed by atoms with Gasteiger partial charge in [0.2, 0.25) is 0 Å². The Morgan fingerprint density at radius 3 is 2.44 bits per heavy atom. The maximum Gasteiger partial charge on any atom is 0.273 e. The molecule has 134 valence electrons. The lowest BCUT2D eigenvalue weighted by Crippen LogP contribution is -2.41. The highest BCUT2D eigenvalue weighted by atomic mass is 16.5. The summed E-state index contributed by atoms with van der Waals surface area (Å²) in [7, 11) is 1.56. The zero-order valence-corrected chi connectivity index (χ0v) is 14.8. The predicted molar refractivity (Wildman–Crippen MR) is 91.4 cm³/mol. The van der Waals surface area contributed by atoms with Crippen molar-refractivity contribution in [3.63, 3.8) is 0 Å². The third-order valence-electron chi connectivity index (χ3n) is 3.58. The van der Waals surface area contributed by atoms with E-state index in [1.54, 1.807) is 45.2 Å². The Balaban J connectivity index is 2.05. The number of aryl methyl sites for hydroxylation is 2. The Morgan fingerprint density at radius 2 is 1.84 bits per heavy atom. The molecule has 7 nitrogen and oxygen atoms in total. The average molecular weight is 346 g/mol. The molecule has 7 heteroatoms. The van der Waals surface area contributed by atoms with Crippen LogP contribution in [0.4, 0.5) is 0 Å². The number of hydrogen-bond acceptors (Lipinski definition) is 5. The van der Waals surface area contributed by atoms with Crippen molar-refractivity contribution in [2.24, 2.45) is 0 Å². The number of ether oxygens (including phenoxy) is 2. The standard InChI is InChI=1S/C18H22N2O5/c1-5-24-10-14-9-13(6-7-16(14)23-4)17(21)19-20-18(22)15-8-11(2)25-12(15)3/h6-9H,5,10H2,1-4H3,(H,19,21)(H,20,22). The number of benzene rings is 1. The van der Waals surface area contributed by atoms with E-state index in [1.807, 2.05) is 6.92 Å². The first-order chi connectivity index (χ1) is 12.0. The normalized spacial score (nSPS) is 10.4. The van der Waals surface area contributed by atoms with Gasteiger partial charge in [-0.1, -0.05) is 0 Å². The predicted octanol–water partition coefficient (Wildman–Crippen LogP) is 2.52. The van der Waals surface area contributed by atoms with Crippen molar-refractivity contribution >= 4 is 11.8 Å². The van der Waals surface area contributed by atoms with Gasteiger partial charge in [-0.2, -0.15) is 0 Å². The molecule has 0 saturated heterocycles. The maximum atomic E-state index is 12.3. The van der Waals surface area contributed by atoms with Crippen LogP contribution < -0.4 is 15.6 Å². The number of hydrogen-bond donors (Lipinski definition) is 2. The van der Waals surface area contributed by atoms with E-state index in [4.69, 9.17) is 13.9 Å². The number of furan rings is 1. The monoisotopic (exact) mass is 346 g/mol. The lowest BCUT2D eigenvalue weighted by molar-refractivity contribution is 0.0845. The fourth-order valence-corrected chi connectivity index (χ4v) is 2.35. The highest BCUT2D eigenvalue weighted by Gasteiger charge is 2.15. The average Bonchev–Trinajstić information content (AvgIpc) is 2.95. The van der Waals surface area contributed by atoms with Crippen LogP contribution in [-0.4, -0.2) is 25.5 Å². The van der Waals surface area contributed by atoms with Crippen molar-refractivity contribution in [3.05, 3.63) is 52.5 Å². The number of hydrazine groups is 1. The van der Waals surface area contributed by atoms with Crippen LogP contribution in [0.2, 0.25) is 0 Å². The molecule has 0 aliphatic carbocycles. The molecule has 0 bridgehead atoms. The summed E-state index contributed by atoms with van der Waals surface area (Å²) in [4.78, 5) is 24.4. The van der Waals surface area contributed by atoms with Gasteiger partial charge < -0.3 is 13.9 Å². The Morgan fingerprint density at radius 1 is 1.12 bits per heavy atom. The number of nitrogens with one attached hydrogen (secondary N) is 2. The SMILES string of the molecule is CCOCc1cc(C(=O)NNC(=O)c2cc(C)oc2C)ccc1OC. The minimum atomic E-state index is -0.439. The van der Waals surface area contributed by atoms with E-state index in [0.29, 0.717) is 41.6 Å². The van der Waals surface area contributed by atoms with Gasteiger partial charge in [0.1, 0.15) is 17.3 Å². The second-order valence-electron chi connectivity index (χ2n) is 5.40. The number of rotatable bonds is 6. The van der Waals surface area contributed by atoms with Crippen LogP contribution in [0.3, 0.4) is 0 Å². The molecule has 25 heavy (non-hydrogen) atoms. The second kappa shape index (κ2) is 8.34. The minimum absolute atomic E-state index is 0.334. The zero-order valence-electron chi connectivity index (χ0n) is 14.8. The molecule has 2 N–H and O–H groups in total. The summed E-state index contributed by atoms with van der Waals surface area (Å²) in [6.45, 7) is 6.21. The summed E-state index contributed by atoms with van der Waals surface area (Å²) in [5, 5.41) is 0. The van der Waals surface area contributed by atoms with Gasteiger partial charge in [-0.05, 0) is 45.0 Å². The molecule has 2 rings (SSSR count). The highest BCUT2D eigenvalue weighted by Crippen LogP contribution is 2.21. The fraction of sp³-hybridized carbons (Fsp3) is 0.333. The summed E-state index contributed by atoms with van der Waals surface area (Å²) in [5.41, 5.74) is 6.29. The maximum absolute atomic E-state index is 12.3. The molecule has 1 aromatic heterocycles. The van der Waals surface area contributed by atoms with Crippen LogP contribution in [0, 0.1) is 13.8 Å². The number of carbonyl (C=O) groups is 2. The van der Waals surface area contributed by atoms with E-state index in [9.17, 15) is 9.59 Å². The van der Waals surface area contributed by atoms with Gasteiger partial charge in [0, 0.05) is 17.7 Å². The number of methoxy groups -OCH3 is 1. The van der Waals surface area contributed by atoms with Crippen LogP contribution in [0.15, 0.2) is 28.7 Å². The van der Waals surface area contributed by atoms with Crippen LogP contribution >= 0.6 is 0 Å². The first kappa shape index (κ1) is 18.5. The van der Waals surface area contributed by atoms with Crippen molar-refractivity contribution in [2.45, 2.75) is 27.4 Å². The molecule has 0 aliphatic heterocycles. The molecule has 0 aliphatic rings. The Bertz CT molecular complexity index is 767. The molecule has 1 aromatic carbocycles. The first-order valence-electron chi connectivity index (χ1n) is 7.88.